The molecule has 1 aromatic rings. The van der Waals surface area contributed by atoms with Gasteiger partial charge in [-0.3, -0.25) is 4.99 Å². The molecule has 0 aromatic heterocycles. The highest BCUT2D eigenvalue weighted by Gasteiger charge is 2.34. The van der Waals surface area contributed by atoms with E-state index in [0.29, 0.717) is 6.54 Å². The minimum absolute atomic E-state index is 0.477. The Kier molecular flexibility index (Phi) is 5.37. The number of nitrogens with zero attached hydrogens (tertiary/aromatic N) is 2. The molecule has 25 heavy (non-hydrogen) atoms. The van der Waals surface area contributed by atoms with E-state index in [-0.39, 0.29) is 0 Å². The van der Waals surface area contributed by atoms with Crippen LogP contribution in [0.1, 0.15) is 37.3 Å². The summed E-state index contributed by atoms with van der Waals surface area (Å²) >= 11 is 0. The van der Waals surface area contributed by atoms with Crippen molar-refractivity contribution in [2.75, 3.05) is 33.9 Å². The SMILES string of the molecule is CCNC(=NCC1(O)CCC1)N1CCc2cc(OC)c(OC)cc2C1. The largest absolute Gasteiger partial charge is 0.493 e. The predicted octanol–water partition coefficient (Wildman–Crippen LogP) is 1.94. The number of guanidine groups is 1. The molecule has 1 saturated carbocycles. The lowest BCUT2D eigenvalue weighted by atomic mass is 9.80. The normalized spacial score (nSPS) is 19.0. The summed E-state index contributed by atoms with van der Waals surface area (Å²) in [4.78, 5) is 6.96. The molecule has 2 N–H and O–H groups in total. The molecule has 1 aliphatic heterocycles. The number of benzene rings is 1. The topological polar surface area (TPSA) is 66.3 Å². The summed E-state index contributed by atoms with van der Waals surface area (Å²) in [5.41, 5.74) is 1.93. The lowest BCUT2D eigenvalue weighted by molar-refractivity contribution is -0.0237. The Morgan fingerprint density at radius 2 is 1.92 bits per heavy atom. The third kappa shape index (κ3) is 3.84. The standard InChI is InChI=1S/C19H29N3O3/c1-4-20-18(21-13-19(23)7-5-8-19)22-9-6-14-10-16(24-2)17(25-3)11-15(14)12-22/h10-11,23H,4-9,12-13H2,1-3H3,(H,20,21). The maximum Gasteiger partial charge on any atom is 0.194 e. The quantitative estimate of drug-likeness (QED) is 0.629. The Bertz CT molecular complexity index is 641. The van der Waals surface area contributed by atoms with Crippen LogP contribution in [0.15, 0.2) is 17.1 Å². The molecule has 6 nitrogen and oxygen atoms in total. The van der Waals surface area contributed by atoms with E-state index in [0.717, 1.165) is 62.8 Å². The zero-order valence-corrected chi connectivity index (χ0v) is 15.5. The summed E-state index contributed by atoms with van der Waals surface area (Å²) in [6.07, 6.45) is 3.75. The van der Waals surface area contributed by atoms with Crippen molar-refractivity contribution in [2.24, 2.45) is 4.99 Å². The minimum atomic E-state index is -0.592. The van der Waals surface area contributed by atoms with Gasteiger partial charge in [0.2, 0.25) is 0 Å². The van der Waals surface area contributed by atoms with Gasteiger partial charge in [-0.15, -0.1) is 0 Å². The number of hydrogen-bond donors (Lipinski definition) is 2. The highest BCUT2D eigenvalue weighted by Crippen LogP contribution is 2.34. The average Bonchev–Trinajstić information content (AvgIpc) is 2.61. The Morgan fingerprint density at radius 3 is 2.48 bits per heavy atom. The second-order valence-corrected chi connectivity index (χ2v) is 6.90. The Labute approximate surface area is 149 Å². The zero-order chi connectivity index (χ0) is 17.9. The van der Waals surface area contributed by atoms with Crippen molar-refractivity contribution in [1.82, 2.24) is 10.2 Å². The molecule has 1 aliphatic carbocycles. The fraction of sp³-hybridized carbons (Fsp3) is 0.632. The number of ether oxygens (including phenoxy) is 2. The summed E-state index contributed by atoms with van der Waals surface area (Å²) in [6, 6.07) is 4.13. The number of rotatable bonds is 5. The summed E-state index contributed by atoms with van der Waals surface area (Å²) in [7, 11) is 3.33. The van der Waals surface area contributed by atoms with Gasteiger partial charge in [-0.25, -0.2) is 0 Å². The number of methoxy groups -OCH3 is 2. The molecule has 0 spiro atoms. The third-order valence-corrected chi connectivity index (χ3v) is 5.16. The van der Waals surface area contributed by atoms with E-state index in [1.54, 1.807) is 14.2 Å². The Morgan fingerprint density at radius 1 is 1.24 bits per heavy atom. The number of fused-ring (bicyclic) bond motifs is 1. The molecule has 138 valence electrons. The first-order valence-corrected chi connectivity index (χ1v) is 9.08. The third-order valence-electron chi connectivity index (χ3n) is 5.16. The van der Waals surface area contributed by atoms with Crippen LogP contribution >= 0.6 is 0 Å². The molecule has 0 saturated heterocycles. The van der Waals surface area contributed by atoms with Crippen molar-refractivity contribution in [3.8, 4) is 11.5 Å². The number of hydrogen-bond acceptors (Lipinski definition) is 4. The zero-order valence-electron chi connectivity index (χ0n) is 15.5. The first kappa shape index (κ1) is 17.9. The number of nitrogens with one attached hydrogen (secondary N) is 1. The highest BCUT2D eigenvalue weighted by atomic mass is 16.5. The predicted molar refractivity (Wildman–Crippen MR) is 98.4 cm³/mol. The summed E-state index contributed by atoms with van der Waals surface area (Å²) in [5, 5.41) is 13.7. The van der Waals surface area contributed by atoms with Crippen LogP contribution in [0.5, 0.6) is 11.5 Å². The molecular weight excluding hydrogens is 318 g/mol. The van der Waals surface area contributed by atoms with E-state index < -0.39 is 5.60 Å². The second kappa shape index (κ2) is 7.52. The van der Waals surface area contributed by atoms with Crippen LogP contribution in [0, 0.1) is 0 Å². The van der Waals surface area contributed by atoms with E-state index in [2.05, 4.69) is 29.3 Å². The van der Waals surface area contributed by atoms with Crippen LogP contribution in [0.2, 0.25) is 0 Å². The smallest absolute Gasteiger partial charge is 0.194 e. The van der Waals surface area contributed by atoms with Gasteiger partial charge in [-0.2, -0.15) is 0 Å². The minimum Gasteiger partial charge on any atom is -0.493 e. The van der Waals surface area contributed by atoms with Gasteiger partial charge < -0.3 is 24.8 Å². The molecule has 1 heterocycles. The molecule has 1 aromatic carbocycles. The van der Waals surface area contributed by atoms with Crippen LogP contribution < -0.4 is 14.8 Å². The van der Waals surface area contributed by atoms with Gasteiger partial charge in [-0.1, -0.05) is 0 Å². The monoisotopic (exact) mass is 347 g/mol. The van der Waals surface area contributed by atoms with Crippen molar-refractivity contribution >= 4 is 5.96 Å². The summed E-state index contributed by atoms with van der Waals surface area (Å²) in [6.45, 7) is 5.03. The van der Waals surface area contributed by atoms with Crippen LogP contribution in [0.4, 0.5) is 0 Å². The van der Waals surface area contributed by atoms with E-state index in [1.165, 1.54) is 11.1 Å². The molecule has 0 atom stereocenters. The highest BCUT2D eigenvalue weighted by molar-refractivity contribution is 5.80. The molecule has 0 amide bonds. The fourth-order valence-electron chi connectivity index (χ4n) is 3.45. The summed E-state index contributed by atoms with van der Waals surface area (Å²) in [5.74, 6) is 2.42. The Hall–Kier alpha value is -1.95. The van der Waals surface area contributed by atoms with Gasteiger partial charge >= 0.3 is 0 Å². The Balaban J connectivity index is 1.77. The van der Waals surface area contributed by atoms with Crippen molar-refractivity contribution < 1.29 is 14.6 Å². The lowest BCUT2D eigenvalue weighted by Crippen LogP contribution is -2.46. The number of aliphatic hydroxyl groups is 1. The van der Waals surface area contributed by atoms with Gasteiger partial charge in [0.15, 0.2) is 17.5 Å². The van der Waals surface area contributed by atoms with Crippen LogP contribution in [-0.4, -0.2) is 55.4 Å². The first-order valence-electron chi connectivity index (χ1n) is 9.08. The first-order chi connectivity index (χ1) is 12.1. The van der Waals surface area contributed by atoms with Crippen molar-refractivity contribution in [3.63, 3.8) is 0 Å². The van der Waals surface area contributed by atoms with Gasteiger partial charge in [0.25, 0.3) is 0 Å². The van der Waals surface area contributed by atoms with Crippen LogP contribution in [-0.2, 0) is 13.0 Å². The molecular formula is C19H29N3O3. The molecule has 1 fully saturated rings. The molecule has 0 unspecified atom stereocenters. The van der Waals surface area contributed by atoms with Crippen molar-refractivity contribution in [3.05, 3.63) is 23.3 Å². The van der Waals surface area contributed by atoms with Crippen molar-refractivity contribution in [2.45, 2.75) is 44.8 Å². The molecule has 0 bridgehead atoms. The van der Waals surface area contributed by atoms with Gasteiger partial charge in [-0.05, 0) is 55.9 Å². The maximum absolute atomic E-state index is 10.3. The van der Waals surface area contributed by atoms with Crippen LogP contribution in [0.25, 0.3) is 0 Å². The van der Waals surface area contributed by atoms with E-state index in [1.807, 2.05) is 0 Å². The summed E-state index contributed by atoms with van der Waals surface area (Å²) < 4.78 is 10.8. The second-order valence-electron chi connectivity index (χ2n) is 6.90. The maximum atomic E-state index is 10.3. The molecule has 0 radical (unpaired) electrons. The molecule has 6 heteroatoms. The fourth-order valence-corrected chi connectivity index (χ4v) is 3.45. The molecule has 2 aliphatic rings. The molecule has 3 rings (SSSR count). The van der Waals surface area contributed by atoms with E-state index in [4.69, 9.17) is 14.5 Å². The van der Waals surface area contributed by atoms with E-state index in [9.17, 15) is 5.11 Å². The van der Waals surface area contributed by atoms with Crippen LogP contribution in [0.3, 0.4) is 0 Å². The average molecular weight is 347 g/mol. The van der Waals surface area contributed by atoms with E-state index >= 15 is 0 Å². The van der Waals surface area contributed by atoms with Gasteiger partial charge in [0.05, 0.1) is 26.4 Å². The number of aliphatic imine (C=N–C) groups is 1. The van der Waals surface area contributed by atoms with Gasteiger partial charge in [0, 0.05) is 19.6 Å². The lowest BCUT2D eigenvalue weighted by Gasteiger charge is -2.36. The van der Waals surface area contributed by atoms with Gasteiger partial charge in [0.1, 0.15) is 0 Å². The van der Waals surface area contributed by atoms with Crippen molar-refractivity contribution in [1.29, 1.82) is 0 Å².